The van der Waals surface area contributed by atoms with E-state index in [2.05, 4.69) is 24.1 Å². The van der Waals surface area contributed by atoms with Crippen LogP contribution in [0.15, 0.2) is 12.2 Å². The molecule has 1 atom stereocenters. The van der Waals surface area contributed by atoms with Gasteiger partial charge in [0.2, 0.25) is 5.91 Å². The fourth-order valence-electron chi connectivity index (χ4n) is 2.27. The third-order valence-electron chi connectivity index (χ3n) is 3.24. The van der Waals surface area contributed by atoms with Crippen LogP contribution in [0.1, 0.15) is 26.7 Å². The number of carbonyl (C=O) groups is 2. The van der Waals surface area contributed by atoms with Crippen LogP contribution in [-0.2, 0) is 9.59 Å². The Labute approximate surface area is 108 Å². The van der Waals surface area contributed by atoms with Gasteiger partial charge in [-0.2, -0.15) is 0 Å². The van der Waals surface area contributed by atoms with E-state index in [9.17, 15) is 9.59 Å². The second-order valence-electron chi connectivity index (χ2n) is 4.97. The summed E-state index contributed by atoms with van der Waals surface area (Å²) in [6, 6.07) is 0.328. The van der Waals surface area contributed by atoms with Gasteiger partial charge in [0.15, 0.2) is 0 Å². The first-order valence-corrected chi connectivity index (χ1v) is 6.43. The number of carbonyl (C=O) groups excluding carboxylic acids is 1. The lowest BCUT2D eigenvalue weighted by molar-refractivity contribution is -0.131. The van der Waals surface area contributed by atoms with Crippen LogP contribution in [0.5, 0.6) is 0 Å². The van der Waals surface area contributed by atoms with Gasteiger partial charge in [-0.15, -0.1) is 0 Å². The van der Waals surface area contributed by atoms with Gasteiger partial charge in [0.05, 0.1) is 0 Å². The summed E-state index contributed by atoms with van der Waals surface area (Å²) >= 11 is 0. The van der Waals surface area contributed by atoms with Crippen molar-refractivity contribution in [1.29, 1.82) is 0 Å². The molecule has 0 spiro atoms. The van der Waals surface area contributed by atoms with Crippen LogP contribution in [0.4, 0.5) is 0 Å². The Balaban J connectivity index is 2.42. The Morgan fingerprint density at radius 2 is 1.89 bits per heavy atom. The molecule has 0 aliphatic carbocycles. The largest absolute Gasteiger partial charge is 0.478 e. The molecule has 5 heteroatoms. The minimum Gasteiger partial charge on any atom is -0.478 e. The maximum Gasteiger partial charge on any atom is 0.328 e. The molecular formula is C13H22N2O3. The molecule has 2 N–H and O–H groups in total. The average Bonchev–Trinajstić information content (AvgIpc) is 2.79. The molecule has 0 aromatic heterocycles. The minimum atomic E-state index is -1.11. The zero-order valence-corrected chi connectivity index (χ0v) is 11.1. The molecule has 0 saturated carbocycles. The fraction of sp³-hybridized carbons (Fsp3) is 0.692. The number of nitrogens with one attached hydrogen (secondary N) is 1. The number of likely N-dealkylation sites (tertiary alicyclic amines) is 1. The van der Waals surface area contributed by atoms with Crippen molar-refractivity contribution in [2.24, 2.45) is 5.92 Å². The van der Waals surface area contributed by atoms with Crippen LogP contribution in [0.25, 0.3) is 0 Å². The van der Waals surface area contributed by atoms with Crippen LogP contribution in [0.2, 0.25) is 0 Å². The summed E-state index contributed by atoms with van der Waals surface area (Å²) < 4.78 is 0. The number of carboxylic acids is 1. The van der Waals surface area contributed by atoms with Crippen molar-refractivity contribution in [2.75, 3.05) is 19.6 Å². The van der Waals surface area contributed by atoms with Gasteiger partial charge in [-0.1, -0.05) is 13.8 Å². The Kier molecular flexibility index (Phi) is 5.85. The van der Waals surface area contributed by atoms with Crippen molar-refractivity contribution in [3.05, 3.63) is 12.2 Å². The number of rotatable bonds is 6. The molecule has 1 amide bonds. The van der Waals surface area contributed by atoms with Crippen LogP contribution >= 0.6 is 0 Å². The first-order chi connectivity index (χ1) is 8.50. The Hall–Kier alpha value is -1.36. The lowest BCUT2D eigenvalue weighted by Crippen LogP contribution is -2.45. The molecule has 5 nitrogen and oxygen atoms in total. The molecule has 1 fully saturated rings. The Bertz CT molecular complexity index is 320. The van der Waals surface area contributed by atoms with Gasteiger partial charge < -0.3 is 10.4 Å². The first-order valence-electron chi connectivity index (χ1n) is 6.43. The van der Waals surface area contributed by atoms with Crippen molar-refractivity contribution in [1.82, 2.24) is 10.2 Å². The van der Waals surface area contributed by atoms with E-state index in [0.717, 1.165) is 25.2 Å². The van der Waals surface area contributed by atoms with Gasteiger partial charge in [-0.05, 0) is 31.8 Å². The normalized spacial score (nSPS) is 18.4. The summed E-state index contributed by atoms with van der Waals surface area (Å²) in [6.45, 7) is 7.03. The molecule has 1 aliphatic heterocycles. The molecular weight excluding hydrogens is 232 g/mol. The van der Waals surface area contributed by atoms with Gasteiger partial charge in [-0.25, -0.2) is 4.79 Å². The molecule has 1 saturated heterocycles. The first kappa shape index (κ1) is 14.7. The van der Waals surface area contributed by atoms with Gasteiger partial charge in [0.25, 0.3) is 0 Å². The Morgan fingerprint density at radius 3 is 2.39 bits per heavy atom. The van der Waals surface area contributed by atoms with E-state index >= 15 is 0 Å². The molecule has 0 bridgehead atoms. The highest BCUT2D eigenvalue weighted by atomic mass is 16.4. The predicted octanol–water partition coefficient (Wildman–Crippen LogP) is 0.864. The second kappa shape index (κ2) is 7.16. The molecule has 1 rings (SSSR count). The maximum absolute atomic E-state index is 11.4. The van der Waals surface area contributed by atoms with E-state index in [1.165, 1.54) is 12.8 Å². The molecule has 18 heavy (non-hydrogen) atoms. The number of carboxylic acid groups (broad SMARTS) is 1. The van der Waals surface area contributed by atoms with Gasteiger partial charge >= 0.3 is 5.97 Å². The van der Waals surface area contributed by atoms with Gasteiger partial charge in [-0.3, -0.25) is 9.69 Å². The van der Waals surface area contributed by atoms with Crippen molar-refractivity contribution >= 4 is 11.9 Å². The summed E-state index contributed by atoms with van der Waals surface area (Å²) in [5.41, 5.74) is 0. The smallest absolute Gasteiger partial charge is 0.328 e. The quantitative estimate of drug-likeness (QED) is 0.690. The van der Waals surface area contributed by atoms with Crippen molar-refractivity contribution < 1.29 is 14.7 Å². The van der Waals surface area contributed by atoms with Crippen LogP contribution in [0.3, 0.4) is 0 Å². The highest BCUT2D eigenvalue weighted by molar-refractivity contribution is 5.93. The van der Waals surface area contributed by atoms with E-state index in [0.29, 0.717) is 18.5 Å². The number of hydrogen-bond acceptors (Lipinski definition) is 3. The maximum atomic E-state index is 11.4. The zero-order chi connectivity index (χ0) is 13.5. The van der Waals surface area contributed by atoms with Crippen molar-refractivity contribution in [3.63, 3.8) is 0 Å². The molecule has 0 radical (unpaired) electrons. The molecule has 102 valence electrons. The minimum absolute atomic E-state index is 0.328. The molecule has 0 aromatic carbocycles. The zero-order valence-electron chi connectivity index (χ0n) is 11.1. The fourth-order valence-corrected chi connectivity index (χ4v) is 2.27. The summed E-state index contributed by atoms with van der Waals surface area (Å²) in [6.07, 6.45) is 4.35. The van der Waals surface area contributed by atoms with E-state index in [4.69, 9.17) is 5.11 Å². The van der Waals surface area contributed by atoms with E-state index in [1.54, 1.807) is 0 Å². The lowest BCUT2D eigenvalue weighted by Gasteiger charge is -2.30. The highest BCUT2D eigenvalue weighted by Gasteiger charge is 2.24. The average molecular weight is 254 g/mol. The summed E-state index contributed by atoms with van der Waals surface area (Å²) in [5.74, 6) is -0.987. The predicted molar refractivity (Wildman–Crippen MR) is 69.2 cm³/mol. The summed E-state index contributed by atoms with van der Waals surface area (Å²) in [5, 5.41) is 11.2. The lowest BCUT2D eigenvalue weighted by atomic mass is 10.0. The van der Waals surface area contributed by atoms with Crippen LogP contribution < -0.4 is 5.32 Å². The van der Waals surface area contributed by atoms with Crippen molar-refractivity contribution in [2.45, 2.75) is 32.7 Å². The highest BCUT2D eigenvalue weighted by Crippen LogP contribution is 2.16. The van der Waals surface area contributed by atoms with Crippen LogP contribution in [-0.4, -0.2) is 47.6 Å². The van der Waals surface area contributed by atoms with E-state index in [-0.39, 0.29) is 5.91 Å². The van der Waals surface area contributed by atoms with Crippen LogP contribution in [0, 0.1) is 5.92 Å². The Morgan fingerprint density at radius 1 is 1.28 bits per heavy atom. The molecule has 1 unspecified atom stereocenters. The topological polar surface area (TPSA) is 69.6 Å². The number of amides is 1. The van der Waals surface area contributed by atoms with E-state index in [1.807, 2.05) is 0 Å². The molecule has 1 heterocycles. The van der Waals surface area contributed by atoms with E-state index < -0.39 is 5.97 Å². The number of hydrogen-bond donors (Lipinski definition) is 2. The summed E-state index contributed by atoms with van der Waals surface area (Å²) in [7, 11) is 0. The standard InChI is InChI=1S/C13H22N2O3/c1-10(2)11(15-7-3-4-8-15)9-14-12(16)5-6-13(17)18/h5-6,10-11H,3-4,7-9H2,1-2H3,(H,14,16)(H,17,18)/b6-5+. The monoisotopic (exact) mass is 254 g/mol. The molecule has 0 aromatic rings. The third-order valence-corrected chi connectivity index (χ3v) is 3.24. The third kappa shape index (κ3) is 4.87. The number of aliphatic carboxylic acids is 1. The van der Waals surface area contributed by atoms with Gasteiger partial charge in [0, 0.05) is 24.7 Å². The SMILES string of the molecule is CC(C)C(CNC(=O)/C=C/C(=O)O)N1CCCC1. The summed E-state index contributed by atoms with van der Waals surface area (Å²) in [4.78, 5) is 24.1. The second-order valence-corrected chi connectivity index (χ2v) is 4.97. The number of nitrogens with zero attached hydrogens (tertiary/aromatic N) is 1. The van der Waals surface area contributed by atoms with Gasteiger partial charge in [0.1, 0.15) is 0 Å². The molecule has 1 aliphatic rings. The van der Waals surface area contributed by atoms with Crippen molar-refractivity contribution in [3.8, 4) is 0 Å².